The summed E-state index contributed by atoms with van der Waals surface area (Å²) in [6.45, 7) is 3.54. The van der Waals surface area contributed by atoms with Gasteiger partial charge in [-0.25, -0.2) is 0 Å². The summed E-state index contributed by atoms with van der Waals surface area (Å²) >= 11 is 10.8. The molecule has 0 aromatic carbocycles. The van der Waals surface area contributed by atoms with Crippen LogP contribution in [0.1, 0.15) is 19.8 Å². The fourth-order valence-corrected chi connectivity index (χ4v) is 0.759. The van der Waals surface area contributed by atoms with Crippen LogP contribution >= 0.6 is 23.2 Å². The minimum Gasteiger partial charge on any atom is -0.382 e. The summed E-state index contributed by atoms with van der Waals surface area (Å²) in [5.41, 5.74) is 0. The van der Waals surface area contributed by atoms with Crippen molar-refractivity contribution in [3.63, 3.8) is 0 Å². The standard InChI is InChI=1S/C7H12Cl2O/c1-2-10-6-4-3-5-7(8)9/h5H,2-4,6H2,1H3. The Kier molecular flexibility index (Phi) is 7.59. The van der Waals surface area contributed by atoms with E-state index < -0.39 is 0 Å². The maximum atomic E-state index is 5.38. The van der Waals surface area contributed by atoms with Gasteiger partial charge in [0.25, 0.3) is 0 Å². The summed E-state index contributed by atoms with van der Waals surface area (Å²) in [7, 11) is 0. The van der Waals surface area contributed by atoms with E-state index in [2.05, 4.69) is 0 Å². The molecule has 0 fully saturated rings. The smallest absolute Gasteiger partial charge is 0.102 e. The first kappa shape index (κ1) is 10.3. The van der Waals surface area contributed by atoms with Crippen LogP contribution in [-0.4, -0.2) is 13.2 Å². The topological polar surface area (TPSA) is 9.23 Å². The summed E-state index contributed by atoms with van der Waals surface area (Å²) in [6.07, 6.45) is 3.65. The van der Waals surface area contributed by atoms with Crippen molar-refractivity contribution in [1.82, 2.24) is 0 Å². The largest absolute Gasteiger partial charge is 0.382 e. The molecule has 0 atom stereocenters. The van der Waals surface area contributed by atoms with Gasteiger partial charge < -0.3 is 4.74 Å². The molecule has 0 saturated heterocycles. The predicted octanol–water partition coefficient (Wildman–Crippen LogP) is 3.12. The molecule has 0 amide bonds. The zero-order chi connectivity index (χ0) is 7.82. The molecule has 0 saturated carbocycles. The molecule has 0 aliphatic carbocycles. The zero-order valence-corrected chi connectivity index (χ0v) is 7.58. The van der Waals surface area contributed by atoms with Crippen LogP contribution in [0.3, 0.4) is 0 Å². The number of unbranched alkanes of at least 4 members (excludes halogenated alkanes) is 1. The first-order valence-electron chi connectivity index (χ1n) is 3.36. The average molecular weight is 183 g/mol. The molecular weight excluding hydrogens is 171 g/mol. The Morgan fingerprint density at radius 2 is 2.20 bits per heavy atom. The van der Waals surface area contributed by atoms with Crippen LogP contribution in [0.25, 0.3) is 0 Å². The van der Waals surface area contributed by atoms with Crippen molar-refractivity contribution in [3.05, 3.63) is 10.6 Å². The second-order valence-corrected chi connectivity index (χ2v) is 2.84. The van der Waals surface area contributed by atoms with Gasteiger partial charge in [-0.1, -0.05) is 29.3 Å². The van der Waals surface area contributed by atoms with Gasteiger partial charge in [-0.3, -0.25) is 0 Å². The second kappa shape index (κ2) is 7.39. The van der Waals surface area contributed by atoms with Crippen LogP contribution in [0.5, 0.6) is 0 Å². The molecule has 0 bridgehead atoms. The van der Waals surface area contributed by atoms with Crippen LogP contribution in [0.15, 0.2) is 10.6 Å². The fraction of sp³-hybridized carbons (Fsp3) is 0.714. The molecule has 10 heavy (non-hydrogen) atoms. The quantitative estimate of drug-likeness (QED) is 0.595. The number of ether oxygens (including phenoxy) is 1. The molecule has 1 nitrogen and oxygen atoms in total. The van der Waals surface area contributed by atoms with E-state index in [1.807, 2.05) is 6.92 Å². The summed E-state index contributed by atoms with van der Waals surface area (Å²) in [5.74, 6) is 0. The molecule has 0 aliphatic heterocycles. The van der Waals surface area contributed by atoms with E-state index in [9.17, 15) is 0 Å². The van der Waals surface area contributed by atoms with Crippen molar-refractivity contribution >= 4 is 23.2 Å². The third-order valence-corrected chi connectivity index (χ3v) is 1.30. The Hall–Kier alpha value is 0.280. The molecule has 0 radical (unpaired) electrons. The third kappa shape index (κ3) is 8.28. The predicted molar refractivity (Wildman–Crippen MR) is 45.5 cm³/mol. The van der Waals surface area contributed by atoms with Crippen molar-refractivity contribution in [1.29, 1.82) is 0 Å². The summed E-state index contributed by atoms with van der Waals surface area (Å²) < 4.78 is 5.44. The molecule has 0 unspecified atom stereocenters. The zero-order valence-electron chi connectivity index (χ0n) is 6.07. The van der Waals surface area contributed by atoms with Crippen molar-refractivity contribution in [3.8, 4) is 0 Å². The highest BCUT2D eigenvalue weighted by Crippen LogP contribution is 2.08. The van der Waals surface area contributed by atoms with Gasteiger partial charge in [-0.05, 0) is 19.8 Å². The molecule has 0 aliphatic rings. The van der Waals surface area contributed by atoms with E-state index in [0.29, 0.717) is 4.49 Å². The highest BCUT2D eigenvalue weighted by atomic mass is 35.5. The first-order valence-corrected chi connectivity index (χ1v) is 4.12. The van der Waals surface area contributed by atoms with Crippen LogP contribution in [0.2, 0.25) is 0 Å². The van der Waals surface area contributed by atoms with Gasteiger partial charge in [-0.2, -0.15) is 0 Å². The minimum absolute atomic E-state index is 0.344. The van der Waals surface area contributed by atoms with Gasteiger partial charge >= 0.3 is 0 Å². The molecule has 0 spiro atoms. The molecule has 0 aromatic rings. The Balaban J connectivity index is 2.98. The lowest BCUT2D eigenvalue weighted by Crippen LogP contribution is -1.91. The Morgan fingerprint density at radius 3 is 2.70 bits per heavy atom. The Labute approximate surface area is 72.0 Å². The van der Waals surface area contributed by atoms with Gasteiger partial charge in [0.05, 0.1) is 0 Å². The number of hydrogen-bond acceptors (Lipinski definition) is 1. The van der Waals surface area contributed by atoms with Gasteiger partial charge in [0, 0.05) is 13.2 Å². The highest BCUT2D eigenvalue weighted by molar-refractivity contribution is 6.55. The van der Waals surface area contributed by atoms with E-state index in [-0.39, 0.29) is 0 Å². The molecule has 3 heteroatoms. The Bertz CT molecular complexity index is 97.8. The van der Waals surface area contributed by atoms with E-state index in [4.69, 9.17) is 27.9 Å². The fourth-order valence-electron chi connectivity index (χ4n) is 0.541. The molecule has 0 rings (SSSR count). The average Bonchev–Trinajstić information content (AvgIpc) is 1.87. The lowest BCUT2D eigenvalue weighted by molar-refractivity contribution is 0.145. The van der Waals surface area contributed by atoms with Crippen molar-refractivity contribution in [2.24, 2.45) is 0 Å². The maximum absolute atomic E-state index is 5.38. The van der Waals surface area contributed by atoms with Crippen LogP contribution in [0, 0.1) is 0 Å². The second-order valence-electron chi connectivity index (χ2n) is 1.83. The van der Waals surface area contributed by atoms with Crippen molar-refractivity contribution in [2.45, 2.75) is 19.8 Å². The lowest BCUT2D eigenvalue weighted by Gasteiger charge is -1.96. The van der Waals surface area contributed by atoms with Gasteiger partial charge in [0.1, 0.15) is 4.49 Å². The van der Waals surface area contributed by atoms with E-state index in [0.717, 1.165) is 26.1 Å². The normalized spacial score (nSPS) is 9.50. The summed E-state index contributed by atoms with van der Waals surface area (Å²) in [5, 5.41) is 0. The first-order chi connectivity index (χ1) is 4.77. The number of allylic oxidation sites excluding steroid dienone is 1. The third-order valence-electron chi connectivity index (χ3n) is 0.996. The maximum Gasteiger partial charge on any atom is 0.102 e. The van der Waals surface area contributed by atoms with Crippen LogP contribution in [-0.2, 0) is 4.74 Å². The van der Waals surface area contributed by atoms with Crippen LogP contribution < -0.4 is 0 Å². The SMILES string of the molecule is CCOCCCC=C(Cl)Cl. The monoisotopic (exact) mass is 182 g/mol. The molecule has 0 N–H and O–H groups in total. The summed E-state index contributed by atoms with van der Waals surface area (Å²) in [4.78, 5) is 0. The molecule has 60 valence electrons. The summed E-state index contributed by atoms with van der Waals surface area (Å²) in [6, 6.07) is 0. The Morgan fingerprint density at radius 1 is 1.50 bits per heavy atom. The van der Waals surface area contributed by atoms with Crippen LogP contribution in [0.4, 0.5) is 0 Å². The molecule has 0 heterocycles. The number of rotatable bonds is 5. The minimum atomic E-state index is 0.344. The van der Waals surface area contributed by atoms with Gasteiger partial charge in [0.15, 0.2) is 0 Å². The van der Waals surface area contributed by atoms with Gasteiger partial charge in [-0.15, -0.1) is 0 Å². The van der Waals surface area contributed by atoms with Gasteiger partial charge in [0.2, 0.25) is 0 Å². The van der Waals surface area contributed by atoms with Crippen molar-refractivity contribution in [2.75, 3.05) is 13.2 Å². The van der Waals surface area contributed by atoms with Crippen molar-refractivity contribution < 1.29 is 4.74 Å². The van der Waals surface area contributed by atoms with E-state index >= 15 is 0 Å². The lowest BCUT2D eigenvalue weighted by atomic mass is 10.3. The molecule has 0 aromatic heterocycles. The number of hydrogen-bond donors (Lipinski definition) is 0. The number of halogens is 2. The molecular formula is C7H12Cl2O. The van der Waals surface area contributed by atoms with E-state index in [1.54, 1.807) is 6.08 Å². The van der Waals surface area contributed by atoms with E-state index in [1.165, 1.54) is 0 Å². The highest BCUT2D eigenvalue weighted by Gasteiger charge is 1.85.